The number of aryl methyl sites for hydroxylation is 1. The molecule has 2 N–H and O–H groups in total. The number of anilines is 1. The van der Waals surface area contributed by atoms with Crippen molar-refractivity contribution >= 4 is 34.4 Å². The largest absolute Gasteiger partial charge is 0.452 e. The maximum absolute atomic E-state index is 12.5. The first-order valence-electron chi connectivity index (χ1n) is 9.74. The summed E-state index contributed by atoms with van der Waals surface area (Å²) >= 11 is 0. The number of nitrogens with zero attached hydrogens (tertiary/aromatic N) is 1. The lowest BCUT2D eigenvalue weighted by Gasteiger charge is -2.10. The van der Waals surface area contributed by atoms with E-state index in [2.05, 4.69) is 15.6 Å². The van der Waals surface area contributed by atoms with Gasteiger partial charge < -0.3 is 15.4 Å². The Labute approximate surface area is 173 Å². The van der Waals surface area contributed by atoms with Crippen LogP contribution < -0.4 is 10.6 Å². The molecule has 1 aliphatic rings. The second kappa shape index (κ2) is 8.32. The third kappa shape index (κ3) is 4.63. The van der Waals surface area contributed by atoms with Crippen LogP contribution in [-0.2, 0) is 9.53 Å². The van der Waals surface area contributed by atoms with E-state index in [-0.39, 0.29) is 11.9 Å². The molecule has 2 amide bonds. The van der Waals surface area contributed by atoms with E-state index in [4.69, 9.17) is 4.74 Å². The van der Waals surface area contributed by atoms with Crippen molar-refractivity contribution in [2.24, 2.45) is 0 Å². The maximum Gasteiger partial charge on any atom is 0.339 e. The smallest absolute Gasteiger partial charge is 0.339 e. The third-order valence-corrected chi connectivity index (χ3v) is 4.72. The first kappa shape index (κ1) is 19.6. The number of carbonyl (C=O) groups is 3. The molecule has 0 bridgehead atoms. The van der Waals surface area contributed by atoms with Crippen LogP contribution in [-0.4, -0.2) is 35.4 Å². The summed E-state index contributed by atoms with van der Waals surface area (Å²) in [5.41, 5.74) is 2.67. The average Bonchev–Trinajstić information content (AvgIpc) is 3.55. The Hall–Kier alpha value is -3.74. The molecule has 3 aromatic rings. The van der Waals surface area contributed by atoms with Crippen LogP contribution in [0.15, 0.2) is 54.6 Å². The highest BCUT2D eigenvalue weighted by molar-refractivity contribution is 6.04. The molecule has 152 valence electrons. The van der Waals surface area contributed by atoms with Crippen LogP contribution in [0.25, 0.3) is 10.9 Å². The standard InChI is InChI=1S/C23H21N3O4/c1-14-11-19(18-7-2-3-8-20(18)24-14)23(29)30-13-21(27)25-17-6-4-5-15(12-17)22(28)26-16-9-10-16/h2-8,11-12,16H,9-10,13H2,1H3,(H,25,27)(H,26,28). The molecule has 30 heavy (non-hydrogen) atoms. The van der Waals surface area contributed by atoms with Crippen LogP contribution in [0, 0.1) is 6.92 Å². The molecule has 0 aliphatic heterocycles. The molecule has 0 saturated heterocycles. The number of aromatic nitrogens is 1. The van der Waals surface area contributed by atoms with E-state index in [1.165, 1.54) is 0 Å². The Bertz CT molecular complexity index is 1140. The molecular formula is C23H21N3O4. The highest BCUT2D eigenvalue weighted by atomic mass is 16.5. The topological polar surface area (TPSA) is 97.4 Å². The van der Waals surface area contributed by atoms with Crippen molar-refractivity contribution in [3.63, 3.8) is 0 Å². The van der Waals surface area contributed by atoms with E-state index in [1.807, 2.05) is 18.2 Å². The molecule has 0 radical (unpaired) electrons. The number of para-hydroxylation sites is 1. The van der Waals surface area contributed by atoms with Gasteiger partial charge in [0.25, 0.3) is 11.8 Å². The number of hydrogen-bond donors (Lipinski definition) is 2. The van der Waals surface area contributed by atoms with Crippen molar-refractivity contribution in [2.45, 2.75) is 25.8 Å². The van der Waals surface area contributed by atoms with Gasteiger partial charge in [-0.25, -0.2) is 4.79 Å². The second-order valence-electron chi connectivity index (χ2n) is 7.28. The molecule has 1 heterocycles. The molecular weight excluding hydrogens is 382 g/mol. The van der Waals surface area contributed by atoms with Gasteiger partial charge in [0, 0.05) is 28.4 Å². The minimum absolute atomic E-state index is 0.167. The molecule has 2 aromatic carbocycles. The minimum Gasteiger partial charge on any atom is -0.452 e. The van der Waals surface area contributed by atoms with Gasteiger partial charge in [-0.1, -0.05) is 24.3 Å². The van der Waals surface area contributed by atoms with Gasteiger partial charge in [0.2, 0.25) is 0 Å². The van der Waals surface area contributed by atoms with Gasteiger partial charge in [0.15, 0.2) is 6.61 Å². The molecule has 1 aliphatic carbocycles. The van der Waals surface area contributed by atoms with E-state index in [0.717, 1.165) is 12.8 Å². The SMILES string of the molecule is Cc1cc(C(=O)OCC(=O)Nc2cccc(C(=O)NC3CC3)c2)c2ccccc2n1. The van der Waals surface area contributed by atoms with Crippen LogP contribution >= 0.6 is 0 Å². The van der Waals surface area contributed by atoms with Gasteiger partial charge >= 0.3 is 5.97 Å². The second-order valence-corrected chi connectivity index (χ2v) is 7.28. The van der Waals surface area contributed by atoms with Gasteiger partial charge in [-0.2, -0.15) is 0 Å². The summed E-state index contributed by atoms with van der Waals surface area (Å²) in [5.74, 6) is -1.25. The summed E-state index contributed by atoms with van der Waals surface area (Å²) in [6.45, 7) is 1.36. The van der Waals surface area contributed by atoms with E-state index in [0.29, 0.717) is 33.4 Å². The quantitative estimate of drug-likeness (QED) is 0.616. The van der Waals surface area contributed by atoms with Crippen LogP contribution in [0.1, 0.15) is 39.3 Å². The lowest BCUT2D eigenvalue weighted by molar-refractivity contribution is -0.119. The highest BCUT2D eigenvalue weighted by Gasteiger charge is 2.24. The van der Waals surface area contributed by atoms with Crippen LogP contribution in [0.4, 0.5) is 5.69 Å². The van der Waals surface area contributed by atoms with Crippen molar-refractivity contribution in [2.75, 3.05) is 11.9 Å². The maximum atomic E-state index is 12.5. The summed E-state index contributed by atoms with van der Waals surface area (Å²) in [4.78, 5) is 41.3. The van der Waals surface area contributed by atoms with Crippen LogP contribution in [0.2, 0.25) is 0 Å². The molecule has 1 aromatic heterocycles. The molecule has 7 nitrogen and oxygen atoms in total. The Morgan fingerprint density at radius 3 is 2.67 bits per heavy atom. The molecule has 0 unspecified atom stereocenters. The van der Waals surface area contributed by atoms with Crippen LogP contribution in [0.3, 0.4) is 0 Å². The number of pyridine rings is 1. The van der Waals surface area contributed by atoms with Crippen molar-refractivity contribution in [1.82, 2.24) is 10.3 Å². The monoisotopic (exact) mass is 403 g/mol. The summed E-state index contributed by atoms with van der Waals surface area (Å²) in [6.07, 6.45) is 2.00. The number of amides is 2. The minimum atomic E-state index is -0.593. The van der Waals surface area contributed by atoms with E-state index >= 15 is 0 Å². The predicted molar refractivity (Wildman–Crippen MR) is 112 cm³/mol. The predicted octanol–water partition coefficient (Wildman–Crippen LogP) is 3.23. The molecule has 1 saturated carbocycles. The summed E-state index contributed by atoms with van der Waals surface area (Å²) in [6, 6.07) is 15.8. The summed E-state index contributed by atoms with van der Waals surface area (Å²) < 4.78 is 5.21. The normalized spacial score (nSPS) is 13.0. The number of fused-ring (bicyclic) bond motifs is 1. The molecule has 0 atom stereocenters. The molecule has 7 heteroatoms. The fourth-order valence-electron chi connectivity index (χ4n) is 3.12. The zero-order valence-corrected chi connectivity index (χ0v) is 16.5. The van der Waals surface area contributed by atoms with Crippen molar-refractivity contribution in [1.29, 1.82) is 0 Å². The Morgan fingerprint density at radius 1 is 1.07 bits per heavy atom. The zero-order valence-electron chi connectivity index (χ0n) is 16.5. The fourth-order valence-corrected chi connectivity index (χ4v) is 3.12. The molecule has 0 spiro atoms. The number of rotatable bonds is 6. The van der Waals surface area contributed by atoms with Gasteiger partial charge in [-0.05, 0) is 50.1 Å². The Kier molecular flexibility index (Phi) is 5.43. The van der Waals surface area contributed by atoms with E-state index in [9.17, 15) is 14.4 Å². The lowest BCUT2D eigenvalue weighted by Crippen LogP contribution is -2.25. The Morgan fingerprint density at radius 2 is 1.87 bits per heavy atom. The number of benzene rings is 2. The van der Waals surface area contributed by atoms with Gasteiger partial charge in [-0.15, -0.1) is 0 Å². The summed E-state index contributed by atoms with van der Waals surface area (Å²) in [7, 11) is 0. The van der Waals surface area contributed by atoms with Crippen molar-refractivity contribution in [3.05, 3.63) is 71.4 Å². The fraction of sp³-hybridized carbons (Fsp3) is 0.217. The van der Waals surface area contributed by atoms with E-state index < -0.39 is 18.5 Å². The molecule has 4 rings (SSSR count). The number of hydrogen-bond acceptors (Lipinski definition) is 5. The van der Waals surface area contributed by atoms with Crippen LogP contribution in [0.5, 0.6) is 0 Å². The number of carbonyl (C=O) groups excluding carboxylic acids is 3. The first-order valence-corrected chi connectivity index (χ1v) is 9.74. The van der Waals surface area contributed by atoms with E-state index in [1.54, 1.807) is 43.3 Å². The van der Waals surface area contributed by atoms with Crippen molar-refractivity contribution < 1.29 is 19.1 Å². The van der Waals surface area contributed by atoms with Gasteiger partial charge in [-0.3, -0.25) is 14.6 Å². The summed E-state index contributed by atoms with van der Waals surface area (Å²) in [5, 5.41) is 6.22. The Balaban J connectivity index is 1.38. The number of ether oxygens (including phenoxy) is 1. The highest BCUT2D eigenvalue weighted by Crippen LogP contribution is 2.21. The first-order chi connectivity index (χ1) is 14.5. The number of nitrogens with one attached hydrogen (secondary N) is 2. The number of esters is 1. The average molecular weight is 403 g/mol. The zero-order chi connectivity index (χ0) is 21.1. The lowest BCUT2D eigenvalue weighted by atomic mass is 10.1. The van der Waals surface area contributed by atoms with Gasteiger partial charge in [0.1, 0.15) is 0 Å². The van der Waals surface area contributed by atoms with Crippen molar-refractivity contribution in [3.8, 4) is 0 Å². The third-order valence-electron chi connectivity index (χ3n) is 4.72. The van der Waals surface area contributed by atoms with Gasteiger partial charge in [0.05, 0.1) is 11.1 Å². The molecule has 1 fully saturated rings.